The molecule has 2 aromatic rings. The van der Waals surface area contributed by atoms with E-state index in [1.54, 1.807) is 31.2 Å². The molecule has 0 aliphatic rings. The van der Waals surface area contributed by atoms with E-state index in [1.807, 2.05) is 6.07 Å². The van der Waals surface area contributed by atoms with Gasteiger partial charge in [-0.1, -0.05) is 0 Å². The number of nitrogens with zero attached hydrogens (tertiary/aromatic N) is 2. The molecule has 0 spiro atoms. The van der Waals surface area contributed by atoms with Crippen molar-refractivity contribution in [3.8, 4) is 6.07 Å². The van der Waals surface area contributed by atoms with E-state index in [9.17, 15) is 14.9 Å². The number of carbonyl (C=O) groups is 1. The SMILES string of the molecule is Cc1cc(C(=O)Nc2ccc(C#N)cc2)ccc1[N+](=O)[O-]. The lowest BCUT2D eigenvalue weighted by Crippen LogP contribution is -2.12. The number of nitro groups is 1. The molecule has 0 saturated carbocycles. The fourth-order valence-electron chi connectivity index (χ4n) is 1.83. The van der Waals surface area contributed by atoms with E-state index < -0.39 is 4.92 Å². The summed E-state index contributed by atoms with van der Waals surface area (Å²) in [6.07, 6.45) is 0. The van der Waals surface area contributed by atoms with Crippen LogP contribution in [0.3, 0.4) is 0 Å². The van der Waals surface area contributed by atoms with E-state index in [-0.39, 0.29) is 11.6 Å². The average molecular weight is 281 g/mol. The summed E-state index contributed by atoms with van der Waals surface area (Å²) in [4.78, 5) is 22.3. The quantitative estimate of drug-likeness (QED) is 0.690. The molecule has 0 heterocycles. The summed E-state index contributed by atoms with van der Waals surface area (Å²) in [6, 6.07) is 12.6. The minimum Gasteiger partial charge on any atom is -0.322 e. The normalized spacial score (nSPS) is 9.71. The van der Waals surface area contributed by atoms with Crippen molar-refractivity contribution in [3.63, 3.8) is 0 Å². The zero-order valence-electron chi connectivity index (χ0n) is 11.2. The van der Waals surface area contributed by atoms with E-state index in [4.69, 9.17) is 5.26 Å². The maximum Gasteiger partial charge on any atom is 0.272 e. The standard InChI is InChI=1S/C15H11N3O3/c1-10-8-12(4-7-14(10)18(20)21)15(19)17-13-5-2-11(9-16)3-6-13/h2-8H,1H3,(H,17,19). The van der Waals surface area contributed by atoms with Crippen molar-refractivity contribution in [2.75, 3.05) is 5.32 Å². The molecular formula is C15H11N3O3. The lowest BCUT2D eigenvalue weighted by molar-refractivity contribution is -0.385. The number of aryl methyl sites for hydroxylation is 1. The van der Waals surface area contributed by atoms with Gasteiger partial charge in [0.05, 0.1) is 16.6 Å². The molecule has 0 aliphatic heterocycles. The highest BCUT2D eigenvalue weighted by molar-refractivity contribution is 6.04. The molecule has 6 nitrogen and oxygen atoms in total. The maximum atomic E-state index is 12.1. The molecule has 1 amide bonds. The van der Waals surface area contributed by atoms with Gasteiger partial charge in [0.15, 0.2) is 0 Å². The molecule has 0 aromatic heterocycles. The van der Waals surface area contributed by atoms with Crippen molar-refractivity contribution < 1.29 is 9.72 Å². The number of hydrogen-bond donors (Lipinski definition) is 1. The van der Waals surface area contributed by atoms with Gasteiger partial charge < -0.3 is 5.32 Å². The first kappa shape index (κ1) is 14.2. The Kier molecular flexibility index (Phi) is 3.95. The van der Waals surface area contributed by atoms with Crippen LogP contribution in [0.1, 0.15) is 21.5 Å². The van der Waals surface area contributed by atoms with Gasteiger partial charge in [0.1, 0.15) is 0 Å². The molecule has 0 bridgehead atoms. The van der Waals surface area contributed by atoms with Crippen molar-refractivity contribution in [1.29, 1.82) is 5.26 Å². The van der Waals surface area contributed by atoms with Crippen LogP contribution in [-0.4, -0.2) is 10.8 Å². The van der Waals surface area contributed by atoms with Crippen LogP contribution >= 0.6 is 0 Å². The molecule has 0 radical (unpaired) electrons. The molecule has 2 aromatic carbocycles. The fourth-order valence-corrected chi connectivity index (χ4v) is 1.83. The van der Waals surface area contributed by atoms with Crippen molar-refractivity contribution in [2.45, 2.75) is 6.92 Å². The first-order valence-corrected chi connectivity index (χ1v) is 6.08. The van der Waals surface area contributed by atoms with Crippen molar-refractivity contribution in [3.05, 3.63) is 69.3 Å². The third-order valence-electron chi connectivity index (χ3n) is 2.93. The first-order chi connectivity index (χ1) is 10.0. The minimum absolute atomic E-state index is 0.0232. The zero-order chi connectivity index (χ0) is 15.4. The maximum absolute atomic E-state index is 12.1. The summed E-state index contributed by atoms with van der Waals surface area (Å²) in [5.41, 5.74) is 1.79. The lowest BCUT2D eigenvalue weighted by Gasteiger charge is -2.06. The highest BCUT2D eigenvalue weighted by atomic mass is 16.6. The minimum atomic E-state index is -0.488. The Morgan fingerprint density at radius 1 is 1.24 bits per heavy atom. The van der Waals surface area contributed by atoms with Gasteiger partial charge in [0.25, 0.3) is 11.6 Å². The molecule has 0 saturated heterocycles. The van der Waals surface area contributed by atoms with Crippen LogP contribution in [0, 0.1) is 28.4 Å². The third-order valence-corrected chi connectivity index (χ3v) is 2.93. The highest BCUT2D eigenvalue weighted by Gasteiger charge is 2.13. The fraction of sp³-hybridized carbons (Fsp3) is 0.0667. The summed E-state index contributed by atoms with van der Waals surface area (Å²) in [7, 11) is 0. The number of anilines is 1. The van der Waals surface area contributed by atoms with Gasteiger partial charge in [-0.3, -0.25) is 14.9 Å². The zero-order valence-corrected chi connectivity index (χ0v) is 11.2. The van der Waals surface area contributed by atoms with Crippen molar-refractivity contribution in [2.24, 2.45) is 0 Å². The Labute approximate surface area is 120 Å². The molecule has 104 valence electrons. The number of amides is 1. The molecule has 0 atom stereocenters. The number of nitrogens with one attached hydrogen (secondary N) is 1. The van der Waals surface area contributed by atoms with E-state index in [0.29, 0.717) is 22.4 Å². The van der Waals surface area contributed by atoms with Crippen molar-refractivity contribution in [1.82, 2.24) is 0 Å². The average Bonchev–Trinajstić information content (AvgIpc) is 2.47. The number of carbonyl (C=O) groups excluding carboxylic acids is 1. The molecule has 6 heteroatoms. The van der Waals surface area contributed by atoms with E-state index >= 15 is 0 Å². The van der Waals surface area contributed by atoms with Crippen LogP contribution in [0.4, 0.5) is 11.4 Å². The Bertz CT molecular complexity index is 746. The molecule has 1 N–H and O–H groups in total. The predicted octanol–water partition coefficient (Wildman–Crippen LogP) is 3.03. The van der Waals surface area contributed by atoms with E-state index in [1.165, 1.54) is 18.2 Å². The Balaban J connectivity index is 2.18. The van der Waals surface area contributed by atoms with Crippen LogP contribution in [0.15, 0.2) is 42.5 Å². The second kappa shape index (κ2) is 5.84. The lowest BCUT2D eigenvalue weighted by atomic mass is 10.1. The van der Waals surface area contributed by atoms with E-state index in [2.05, 4.69) is 5.32 Å². The topological polar surface area (TPSA) is 96.0 Å². The van der Waals surface area contributed by atoms with Crippen LogP contribution in [-0.2, 0) is 0 Å². The Morgan fingerprint density at radius 2 is 1.90 bits per heavy atom. The third kappa shape index (κ3) is 3.22. The Hall–Kier alpha value is -3.20. The smallest absolute Gasteiger partial charge is 0.272 e. The van der Waals surface area contributed by atoms with Gasteiger partial charge in [-0.2, -0.15) is 5.26 Å². The number of nitro benzene ring substituents is 1. The monoisotopic (exact) mass is 281 g/mol. The van der Waals surface area contributed by atoms with Crippen LogP contribution < -0.4 is 5.32 Å². The first-order valence-electron chi connectivity index (χ1n) is 6.08. The summed E-state index contributed by atoms with van der Waals surface area (Å²) in [5.74, 6) is -0.363. The molecule has 21 heavy (non-hydrogen) atoms. The molecule has 0 fully saturated rings. The van der Waals surface area contributed by atoms with Crippen molar-refractivity contribution >= 4 is 17.3 Å². The summed E-state index contributed by atoms with van der Waals surface area (Å²) in [5, 5.41) is 22.1. The Morgan fingerprint density at radius 3 is 2.43 bits per heavy atom. The van der Waals surface area contributed by atoms with Gasteiger partial charge in [0.2, 0.25) is 0 Å². The molecule has 0 aliphatic carbocycles. The predicted molar refractivity (Wildman–Crippen MR) is 76.9 cm³/mol. The molecular weight excluding hydrogens is 270 g/mol. The van der Waals surface area contributed by atoms with Crippen LogP contribution in [0.25, 0.3) is 0 Å². The second-order valence-electron chi connectivity index (χ2n) is 4.40. The number of nitriles is 1. The highest BCUT2D eigenvalue weighted by Crippen LogP contribution is 2.19. The summed E-state index contributed by atoms with van der Waals surface area (Å²) < 4.78 is 0. The number of rotatable bonds is 3. The van der Waals surface area contributed by atoms with Crippen LogP contribution in [0.2, 0.25) is 0 Å². The van der Waals surface area contributed by atoms with Gasteiger partial charge in [-0.15, -0.1) is 0 Å². The van der Waals surface area contributed by atoms with Gasteiger partial charge in [-0.25, -0.2) is 0 Å². The summed E-state index contributed by atoms with van der Waals surface area (Å²) in [6.45, 7) is 1.58. The van der Waals surface area contributed by atoms with Crippen LogP contribution in [0.5, 0.6) is 0 Å². The summed E-state index contributed by atoms with van der Waals surface area (Å²) >= 11 is 0. The second-order valence-corrected chi connectivity index (χ2v) is 4.40. The molecule has 2 rings (SSSR count). The number of benzene rings is 2. The largest absolute Gasteiger partial charge is 0.322 e. The van der Waals surface area contributed by atoms with Gasteiger partial charge in [-0.05, 0) is 43.3 Å². The number of hydrogen-bond acceptors (Lipinski definition) is 4. The van der Waals surface area contributed by atoms with Gasteiger partial charge in [0, 0.05) is 22.9 Å². The van der Waals surface area contributed by atoms with Gasteiger partial charge >= 0.3 is 0 Å². The molecule has 0 unspecified atom stereocenters. The van der Waals surface area contributed by atoms with E-state index in [0.717, 1.165) is 0 Å².